The van der Waals surface area contributed by atoms with Gasteiger partial charge in [0.15, 0.2) is 0 Å². The summed E-state index contributed by atoms with van der Waals surface area (Å²) in [5, 5.41) is 0. The van der Waals surface area contributed by atoms with Crippen molar-refractivity contribution < 1.29 is 0 Å². The topological polar surface area (TPSA) is 42.2 Å². The van der Waals surface area contributed by atoms with E-state index in [-0.39, 0.29) is 0 Å². The molecular formula is C14H21N3S. The third-order valence-corrected chi connectivity index (χ3v) is 4.04. The number of hydrogen-bond donors (Lipinski definition) is 1. The Morgan fingerprint density at radius 3 is 2.78 bits per heavy atom. The van der Waals surface area contributed by atoms with Gasteiger partial charge in [0.25, 0.3) is 0 Å². The Labute approximate surface area is 114 Å². The summed E-state index contributed by atoms with van der Waals surface area (Å²) in [5.74, 6) is 0.705. The standard InChI is InChI=1S/C14H21N3S/c1-14(2,3)10-5-7-17(9-10)12-8-16-6-4-11(12)13(15)18/h4,6,8,10H,5,7,9H2,1-3H3,(H2,15,18). The first kappa shape index (κ1) is 13.3. The van der Waals surface area contributed by atoms with Gasteiger partial charge in [-0.3, -0.25) is 4.98 Å². The van der Waals surface area contributed by atoms with Crippen molar-refractivity contribution in [2.45, 2.75) is 27.2 Å². The Morgan fingerprint density at radius 2 is 2.22 bits per heavy atom. The van der Waals surface area contributed by atoms with Crippen molar-refractivity contribution in [3.8, 4) is 0 Å². The van der Waals surface area contributed by atoms with Crippen LogP contribution in [0.15, 0.2) is 18.5 Å². The van der Waals surface area contributed by atoms with Crippen molar-refractivity contribution in [3.05, 3.63) is 24.0 Å². The van der Waals surface area contributed by atoms with Crippen LogP contribution in [0.3, 0.4) is 0 Å². The summed E-state index contributed by atoms with van der Waals surface area (Å²) < 4.78 is 0. The normalized spacial score (nSPS) is 20.2. The van der Waals surface area contributed by atoms with Gasteiger partial charge >= 0.3 is 0 Å². The first-order valence-corrected chi connectivity index (χ1v) is 6.79. The predicted molar refractivity (Wildman–Crippen MR) is 79.9 cm³/mol. The van der Waals surface area contributed by atoms with Crippen LogP contribution in [0.25, 0.3) is 0 Å². The molecule has 4 heteroatoms. The maximum absolute atomic E-state index is 5.78. The maximum atomic E-state index is 5.78. The fourth-order valence-corrected chi connectivity index (χ4v) is 2.71. The fraction of sp³-hybridized carbons (Fsp3) is 0.571. The number of thiocarbonyl (C=S) groups is 1. The molecule has 2 heterocycles. The first-order valence-electron chi connectivity index (χ1n) is 6.38. The molecule has 0 radical (unpaired) electrons. The lowest BCUT2D eigenvalue weighted by atomic mass is 9.80. The molecule has 0 bridgehead atoms. The maximum Gasteiger partial charge on any atom is 0.106 e. The van der Waals surface area contributed by atoms with E-state index in [2.05, 4.69) is 30.7 Å². The van der Waals surface area contributed by atoms with Gasteiger partial charge in [0.2, 0.25) is 0 Å². The smallest absolute Gasteiger partial charge is 0.106 e. The second-order valence-corrected chi connectivity index (χ2v) is 6.49. The van der Waals surface area contributed by atoms with Crippen LogP contribution >= 0.6 is 12.2 Å². The zero-order valence-electron chi connectivity index (χ0n) is 11.3. The molecule has 1 saturated heterocycles. The molecule has 1 aliphatic rings. The van der Waals surface area contributed by atoms with Gasteiger partial charge in [-0.25, -0.2) is 0 Å². The summed E-state index contributed by atoms with van der Waals surface area (Å²) in [6.45, 7) is 9.03. The van der Waals surface area contributed by atoms with Crippen LogP contribution in [-0.4, -0.2) is 23.1 Å². The Hall–Kier alpha value is -1.16. The number of hydrogen-bond acceptors (Lipinski definition) is 3. The van der Waals surface area contributed by atoms with Crippen molar-refractivity contribution in [3.63, 3.8) is 0 Å². The van der Waals surface area contributed by atoms with Gasteiger partial charge in [0.1, 0.15) is 4.99 Å². The van der Waals surface area contributed by atoms with Crippen molar-refractivity contribution in [1.82, 2.24) is 4.98 Å². The van der Waals surface area contributed by atoms with Crippen LogP contribution in [-0.2, 0) is 0 Å². The van der Waals surface area contributed by atoms with Crippen molar-refractivity contribution >= 4 is 22.9 Å². The number of rotatable bonds is 2. The summed E-state index contributed by atoms with van der Waals surface area (Å²) in [4.78, 5) is 7.01. The number of aromatic nitrogens is 1. The largest absolute Gasteiger partial charge is 0.389 e. The summed E-state index contributed by atoms with van der Waals surface area (Å²) in [6, 6.07) is 1.90. The highest BCUT2D eigenvalue weighted by Gasteiger charge is 2.32. The summed E-state index contributed by atoms with van der Waals surface area (Å²) in [7, 11) is 0. The Bertz CT molecular complexity index is 451. The lowest BCUT2D eigenvalue weighted by molar-refractivity contribution is 0.263. The van der Waals surface area contributed by atoms with Crippen LogP contribution in [0.5, 0.6) is 0 Å². The van der Waals surface area contributed by atoms with Gasteiger partial charge in [0.05, 0.1) is 11.9 Å². The van der Waals surface area contributed by atoms with Crippen molar-refractivity contribution in [2.75, 3.05) is 18.0 Å². The molecule has 98 valence electrons. The molecule has 1 unspecified atom stereocenters. The molecule has 1 fully saturated rings. The predicted octanol–water partition coefficient (Wildman–Crippen LogP) is 2.59. The van der Waals surface area contributed by atoms with Gasteiger partial charge in [-0.05, 0) is 23.8 Å². The molecule has 1 atom stereocenters. The molecule has 0 aromatic carbocycles. The SMILES string of the molecule is CC(C)(C)C1CCN(c2cnccc2C(N)=S)C1. The van der Waals surface area contributed by atoms with E-state index in [1.165, 1.54) is 6.42 Å². The molecule has 0 amide bonds. The number of anilines is 1. The molecule has 0 saturated carbocycles. The van der Waals surface area contributed by atoms with Crippen LogP contribution in [0, 0.1) is 11.3 Å². The van der Waals surface area contributed by atoms with Crippen molar-refractivity contribution in [2.24, 2.45) is 17.1 Å². The fourth-order valence-electron chi connectivity index (χ4n) is 2.53. The minimum Gasteiger partial charge on any atom is -0.389 e. The Balaban J connectivity index is 2.22. The molecule has 0 spiro atoms. The van der Waals surface area contributed by atoms with E-state index in [9.17, 15) is 0 Å². The van der Waals surface area contributed by atoms with Crippen LogP contribution in [0.1, 0.15) is 32.8 Å². The molecular weight excluding hydrogens is 242 g/mol. The molecule has 1 aromatic rings. The van der Waals surface area contributed by atoms with Crippen molar-refractivity contribution in [1.29, 1.82) is 0 Å². The molecule has 0 aliphatic carbocycles. The lowest BCUT2D eigenvalue weighted by Gasteiger charge is -2.28. The molecule has 1 aromatic heterocycles. The van der Waals surface area contributed by atoms with Gasteiger partial charge in [-0.2, -0.15) is 0 Å². The van der Waals surface area contributed by atoms with E-state index in [0.717, 1.165) is 24.3 Å². The monoisotopic (exact) mass is 263 g/mol. The van der Waals surface area contributed by atoms with E-state index < -0.39 is 0 Å². The minimum atomic E-state index is 0.348. The first-order chi connectivity index (χ1) is 8.39. The van der Waals surface area contributed by atoms with E-state index in [1.807, 2.05) is 12.3 Å². The second kappa shape index (κ2) is 4.84. The van der Waals surface area contributed by atoms with Gasteiger partial charge in [-0.15, -0.1) is 0 Å². The van der Waals surface area contributed by atoms with Crippen LogP contribution < -0.4 is 10.6 Å². The average molecular weight is 263 g/mol. The van der Waals surface area contributed by atoms with Gasteiger partial charge in [0, 0.05) is 24.8 Å². The zero-order valence-corrected chi connectivity index (χ0v) is 12.1. The van der Waals surface area contributed by atoms with Crippen LogP contribution in [0.2, 0.25) is 0 Å². The van der Waals surface area contributed by atoms with Gasteiger partial charge in [-0.1, -0.05) is 33.0 Å². The quantitative estimate of drug-likeness (QED) is 0.833. The molecule has 1 aliphatic heterocycles. The van der Waals surface area contributed by atoms with E-state index in [4.69, 9.17) is 18.0 Å². The summed E-state index contributed by atoms with van der Waals surface area (Å²) >= 11 is 5.11. The summed E-state index contributed by atoms with van der Waals surface area (Å²) in [5.41, 5.74) is 8.15. The van der Waals surface area contributed by atoms with Gasteiger partial charge < -0.3 is 10.6 Å². The number of nitrogens with two attached hydrogens (primary N) is 1. The number of nitrogens with zero attached hydrogens (tertiary/aromatic N) is 2. The highest BCUT2D eigenvalue weighted by atomic mass is 32.1. The third kappa shape index (κ3) is 2.64. The molecule has 2 rings (SSSR count). The Morgan fingerprint density at radius 1 is 1.50 bits per heavy atom. The van der Waals surface area contributed by atoms with Crippen LogP contribution in [0.4, 0.5) is 5.69 Å². The zero-order chi connectivity index (χ0) is 13.3. The molecule has 18 heavy (non-hydrogen) atoms. The lowest BCUT2D eigenvalue weighted by Crippen LogP contribution is -2.27. The molecule has 2 N–H and O–H groups in total. The van der Waals surface area contributed by atoms with E-state index in [0.29, 0.717) is 16.3 Å². The molecule has 3 nitrogen and oxygen atoms in total. The van der Waals surface area contributed by atoms with E-state index >= 15 is 0 Å². The Kier molecular flexibility index (Phi) is 3.57. The van der Waals surface area contributed by atoms with E-state index in [1.54, 1.807) is 6.20 Å². The average Bonchev–Trinajstić information content (AvgIpc) is 2.77. The second-order valence-electron chi connectivity index (χ2n) is 6.05. The number of pyridine rings is 1. The highest BCUT2D eigenvalue weighted by Crippen LogP contribution is 2.36. The summed E-state index contributed by atoms with van der Waals surface area (Å²) in [6.07, 6.45) is 4.84. The third-order valence-electron chi connectivity index (χ3n) is 3.82. The minimum absolute atomic E-state index is 0.348. The highest BCUT2D eigenvalue weighted by molar-refractivity contribution is 7.80.